The van der Waals surface area contributed by atoms with Gasteiger partial charge in [0, 0.05) is 13.1 Å². The van der Waals surface area contributed by atoms with Crippen molar-refractivity contribution >= 4 is 27.6 Å². The molecule has 0 aromatic heterocycles. The van der Waals surface area contributed by atoms with Gasteiger partial charge >= 0.3 is 5.97 Å². The molecule has 0 bridgehead atoms. The Bertz CT molecular complexity index is 919. The molecule has 3 rings (SSSR count). The lowest BCUT2D eigenvalue weighted by molar-refractivity contribution is -0.133. The third kappa shape index (κ3) is 4.89. The number of aryl methyl sites for hydroxylation is 1. The molecule has 0 aliphatic carbocycles. The van der Waals surface area contributed by atoms with E-state index < -0.39 is 16.0 Å². The highest BCUT2D eigenvalue weighted by Gasteiger charge is 2.25. The molecule has 2 aromatic carbocycles. The molecule has 5 nitrogen and oxygen atoms in total. The van der Waals surface area contributed by atoms with E-state index in [1.54, 1.807) is 36.4 Å². The van der Waals surface area contributed by atoms with Gasteiger partial charge in [0.2, 0.25) is 10.0 Å². The van der Waals surface area contributed by atoms with E-state index in [1.807, 2.05) is 13.0 Å². The average molecular weight is 408 g/mol. The van der Waals surface area contributed by atoms with Gasteiger partial charge in [0.25, 0.3) is 0 Å². The number of hydrogen-bond acceptors (Lipinski definition) is 4. The number of halogens is 1. The van der Waals surface area contributed by atoms with Crippen LogP contribution >= 0.6 is 11.6 Å². The van der Waals surface area contributed by atoms with Gasteiger partial charge in [-0.1, -0.05) is 36.2 Å². The fourth-order valence-electron chi connectivity index (χ4n) is 3.05. The standard InChI is InChI=1S/C20H22ClNO4S/c1-15-5-10-18(21)19(13-15)26-20(23)14-16-6-8-17(9-7-16)27(24,25)22-11-3-2-4-12-22/h5-10,13H,2-4,11-12,14H2,1H3. The van der Waals surface area contributed by atoms with Gasteiger partial charge < -0.3 is 4.74 Å². The van der Waals surface area contributed by atoms with Crippen molar-refractivity contribution in [3.8, 4) is 5.75 Å². The minimum absolute atomic E-state index is 0.0360. The van der Waals surface area contributed by atoms with E-state index in [1.165, 1.54) is 4.31 Å². The second-order valence-corrected chi connectivity index (χ2v) is 9.04. The molecule has 0 amide bonds. The SMILES string of the molecule is Cc1ccc(Cl)c(OC(=O)Cc2ccc(S(=O)(=O)N3CCCCC3)cc2)c1. The zero-order valence-corrected chi connectivity index (χ0v) is 16.7. The van der Waals surface area contributed by atoms with Crippen LogP contribution in [0.4, 0.5) is 0 Å². The molecule has 7 heteroatoms. The zero-order chi connectivity index (χ0) is 19.4. The summed E-state index contributed by atoms with van der Waals surface area (Å²) in [5.74, 6) is -0.125. The molecule has 2 aromatic rings. The van der Waals surface area contributed by atoms with E-state index in [-0.39, 0.29) is 11.3 Å². The van der Waals surface area contributed by atoms with Crippen LogP contribution in [0, 0.1) is 6.92 Å². The van der Waals surface area contributed by atoms with E-state index in [0.29, 0.717) is 29.4 Å². The molecule has 1 fully saturated rings. The quantitative estimate of drug-likeness (QED) is 0.555. The van der Waals surface area contributed by atoms with Crippen molar-refractivity contribution in [1.29, 1.82) is 0 Å². The molecule has 1 aliphatic heterocycles. The van der Waals surface area contributed by atoms with Crippen molar-refractivity contribution in [3.63, 3.8) is 0 Å². The summed E-state index contributed by atoms with van der Waals surface area (Å²) in [7, 11) is -3.47. The van der Waals surface area contributed by atoms with Gasteiger partial charge in [-0.2, -0.15) is 4.31 Å². The number of carbonyl (C=O) groups is 1. The molecule has 0 radical (unpaired) electrons. The summed E-state index contributed by atoms with van der Waals surface area (Å²) < 4.78 is 32.2. The maximum Gasteiger partial charge on any atom is 0.315 e. The zero-order valence-electron chi connectivity index (χ0n) is 15.2. The van der Waals surface area contributed by atoms with Gasteiger partial charge in [-0.3, -0.25) is 4.79 Å². The second-order valence-electron chi connectivity index (χ2n) is 6.69. The highest BCUT2D eigenvalue weighted by atomic mass is 35.5. The van der Waals surface area contributed by atoms with E-state index in [0.717, 1.165) is 24.8 Å². The van der Waals surface area contributed by atoms with Crippen LogP contribution in [0.5, 0.6) is 5.75 Å². The van der Waals surface area contributed by atoms with Gasteiger partial charge in [0.05, 0.1) is 16.3 Å². The molecule has 0 unspecified atom stereocenters. The number of carbonyl (C=O) groups excluding carboxylic acids is 1. The molecule has 1 saturated heterocycles. The molecule has 0 N–H and O–H groups in total. The van der Waals surface area contributed by atoms with Gasteiger partial charge in [-0.15, -0.1) is 0 Å². The predicted molar refractivity (Wildman–Crippen MR) is 105 cm³/mol. The highest BCUT2D eigenvalue weighted by molar-refractivity contribution is 7.89. The summed E-state index contributed by atoms with van der Waals surface area (Å²) in [5.41, 5.74) is 1.62. The van der Waals surface area contributed by atoms with Crippen LogP contribution in [0.15, 0.2) is 47.4 Å². The topological polar surface area (TPSA) is 63.7 Å². The van der Waals surface area contributed by atoms with Gasteiger partial charge in [-0.05, 0) is 55.2 Å². The van der Waals surface area contributed by atoms with Crippen LogP contribution in [0.2, 0.25) is 5.02 Å². The number of nitrogens with zero attached hydrogens (tertiary/aromatic N) is 1. The third-order valence-electron chi connectivity index (χ3n) is 4.54. The Hall–Kier alpha value is -1.89. The van der Waals surface area contributed by atoms with Gasteiger partial charge in [0.15, 0.2) is 0 Å². The molecular weight excluding hydrogens is 386 g/mol. The Morgan fingerprint density at radius 3 is 2.41 bits per heavy atom. The smallest absolute Gasteiger partial charge is 0.315 e. The van der Waals surface area contributed by atoms with Crippen LogP contribution in [-0.4, -0.2) is 31.8 Å². The van der Waals surface area contributed by atoms with Crippen molar-refractivity contribution in [2.24, 2.45) is 0 Å². The van der Waals surface area contributed by atoms with Gasteiger partial charge in [-0.25, -0.2) is 8.42 Å². The van der Waals surface area contributed by atoms with Crippen molar-refractivity contribution in [1.82, 2.24) is 4.31 Å². The first kappa shape index (κ1) is 19.9. The average Bonchev–Trinajstić information content (AvgIpc) is 2.66. The normalized spacial score (nSPS) is 15.5. The number of rotatable bonds is 5. The number of piperidine rings is 1. The summed E-state index contributed by atoms with van der Waals surface area (Å²) in [6.07, 6.45) is 2.89. The maximum atomic E-state index is 12.7. The lowest BCUT2D eigenvalue weighted by atomic mass is 10.1. The number of sulfonamides is 1. The number of esters is 1. The Kier molecular flexibility index (Phi) is 6.19. The van der Waals surface area contributed by atoms with Crippen molar-refractivity contribution < 1.29 is 17.9 Å². The van der Waals surface area contributed by atoms with E-state index in [2.05, 4.69) is 0 Å². The predicted octanol–water partition coefficient (Wildman–Crippen LogP) is 3.97. The fraction of sp³-hybridized carbons (Fsp3) is 0.350. The van der Waals surface area contributed by atoms with E-state index >= 15 is 0 Å². The largest absolute Gasteiger partial charge is 0.425 e. The number of benzene rings is 2. The Labute approximate surface area is 165 Å². The minimum atomic E-state index is -3.47. The number of ether oxygens (including phenoxy) is 1. The maximum absolute atomic E-state index is 12.7. The minimum Gasteiger partial charge on any atom is -0.425 e. The summed E-state index contributed by atoms with van der Waals surface area (Å²) in [6.45, 7) is 3.01. The monoisotopic (exact) mass is 407 g/mol. The molecule has 0 atom stereocenters. The van der Waals surface area contributed by atoms with Crippen molar-refractivity contribution in [2.75, 3.05) is 13.1 Å². The Morgan fingerprint density at radius 2 is 1.74 bits per heavy atom. The molecular formula is C20H22ClNO4S. The van der Waals surface area contributed by atoms with E-state index in [9.17, 15) is 13.2 Å². The third-order valence-corrected chi connectivity index (χ3v) is 6.76. The Balaban J connectivity index is 1.66. The highest BCUT2D eigenvalue weighted by Crippen LogP contribution is 2.26. The Morgan fingerprint density at radius 1 is 1.07 bits per heavy atom. The van der Waals surface area contributed by atoms with E-state index in [4.69, 9.17) is 16.3 Å². The van der Waals surface area contributed by atoms with Gasteiger partial charge in [0.1, 0.15) is 5.75 Å². The van der Waals surface area contributed by atoms with Crippen LogP contribution < -0.4 is 4.74 Å². The fourth-order valence-corrected chi connectivity index (χ4v) is 4.72. The second kappa shape index (κ2) is 8.42. The molecule has 0 spiro atoms. The van der Waals surface area contributed by atoms with Crippen LogP contribution in [0.25, 0.3) is 0 Å². The summed E-state index contributed by atoms with van der Waals surface area (Å²) in [6, 6.07) is 11.6. The summed E-state index contributed by atoms with van der Waals surface area (Å²) in [4.78, 5) is 12.4. The first-order valence-corrected chi connectivity index (χ1v) is 10.7. The van der Waals surface area contributed by atoms with Crippen LogP contribution in [0.1, 0.15) is 30.4 Å². The van der Waals surface area contributed by atoms with Crippen LogP contribution in [-0.2, 0) is 21.2 Å². The molecule has 1 aliphatic rings. The summed E-state index contributed by atoms with van der Waals surface area (Å²) in [5, 5.41) is 0.372. The molecule has 27 heavy (non-hydrogen) atoms. The lowest BCUT2D eigenvalue weighted by Gasteiger charge is -2.25. The molecule has 1 heterocycles. The molecule has 0 saturated carbocycles. The number of hydrogen-bond donors (Lipinski definition) is 0. The van der Waals surface area contributed by atoms with Crippen LogP contribution in [0.3, 0.4) is 0 Å². The lowest BCUT2D eigenvalue weighted by Crippen LogP contribution is -2.35. The first-order chi connectivity index (χ1) is 12.9. The van der Waals surface area contributed by atoms with Crippen molar-refractivity contribution in [3.05, 3.63) is 58.6 Å². The summed E-state index contributed by atoms with van der Waals surface area (Å²) >= 11 is 6.04. The molecule has 144 valence electrons. The first-order valence-electron chi connectivity index (χ1n) is 8.92. The van der Waals surface area contributed by atoms with Crippen molar-refractivity contribution in [2.45, 2.75) is 37.5 Å².